The molecule has 0 amide bonds. The van der Waals surface area contributed by atoms with Crippen molar-refractivity contribution < 1.29 is 35.1 Å². The summed E-state index contributed by atoms with van der Waals surface area (Å²) in [6, 6.07) is 1.59. The van der Waals surface area contributed by atoms with Crippen LogP contribution >= 0.6 is 10.7 Å². The summed E-state index contributed by atoms with van der Waals surface area (Å²) in [6.45, 7) is -1.24. The van der Waals surface area contributed by atoms with E-state index in [-0.39, 0.29) is 6.07 Å². The largest absolute Gasteiger partial charge is 0.487 e. The van der Waals surface area contributed by atoms with Crippen molar-refractivity contribution in [3.8, 4) is 5.75 Å². The van der Waals surface area contributed by atoms with E-state index in [1.54, 1.807) is 0 Å². The molecule has 0 aliphatic carbocycles. The summed E-state index contributed by atoms with van der Waals surface area (Å²) >= 11 is 0. The Balaban J connectivity index is 3.26. The third-order valence-electron chi connectivity index (χ3n) is 1.90. The van der Waals surface area contributed by atoms with Crippen LogP contribution < -0.4 is 4.74 Å². The second kappa shape index (κ2) is 5.49. The third kappa shape index (κ3) is 4.50. The maximum Gasteiger partial charge on any atom is 0.420 e. The Morgan fingerprint density at radius 1 is 1.26 bits per heavy atom. The van der Waals surface area contributed by atoms with Crippen LogP contribution in [0.2, 0.25) is 0 Å². The highest BCUT2D eigenvalue weighted by Crippen LogP contribution is 2.38. The maximum absolute atomic E-state index is 12.6. The van der Waals surface area contributed by atoms with Crippen LogP contribution in [-0.4, -0.2) is 21.5 Å². The number of hydrogen-bond acceptors (Lipinski definition) is 3. The van der Waals surface area contributed by atoms with Crippen LogP contribution in [0, 0.1) is 0 Å². The fourth-order valence-electron chi connectivity index (χ4n) is 1.16. The maximum atomic E-state index is 12.6. The number of hydrogen-bond donors (Lipinski definition) is 0. The van der Waals surface area contributed by atoms with Crippen molar-refractivity contribution in [1.82, 2.24) is 0 Å². The normalized spacial score (nSPS) is 12.8. The molecule has 1 rings (SSSR count). The molecule has 0 bridgehead atoms. The lowest BCUT2D eigenvalue weighted by molar-refractivity contribution is -0.139. The SMILES string of the molecule is O=S(=O)(Cl)c1ccc(OCC(F)F)c(C(F)(F)F)c1. The van der Waals surface area contributed by atoms with Gasteiger partial charge in [0.05, 0.1) is 10.5 Å². The Bertz CT molecular complexity index is 555. The molecule has 1 aromatic rings. The first-order valence-corrected chi connectivity index (χ1v) is 6.89. The molecule has 3 nitrogen and oxygen atoms in total. The van der Waals surface area contributed by atoms with Crippen LogP contribution in [0.1, 0.15) is 5.56 Å². The molecule has 0 aromatic heterocycles. The Kier molecular flexibility index (Phi) is 4.62. The Morgan fingerprint density at radius 3 is 2.26 bits per heavy atom. The molecule has 0 saturated carbocycles. The van der Waals surface area contributed by atoms with E-state index in [1.807, 2.05) is 0 Å². The topological polar surface area (TPSA) is 43.4 Å². The first kappa shape index (κ1) is 16.0. The molecule has 10 heteroatoms. The van der Waals surface area contributed by atoms with E-state index in [1.165, 1.54) is 0 Å². The Labute approximate surface area is 109 Å². The predicted octanol–water partition coefficient (Wildman–Crippen LogP) is 3.28. The van der Waals surface area contributed by atoms with Gasteiger partial charge in [-0.3, -0.25) is 0 Å². The molecule has 0 aliphatic heterocycles. The van der Waals surface area contributed by atoms with Gasteiger partial charge >= 0.3 is 6.18 Å². The van der Waals surface area contributed by atoms with Gasteiger partial charge in [0.15, 0.2) is 0 Å². The van der Waals surface area contributed by atoms with Crippen LogP contribution in [0.5, 0.6) is 5.75 Å². The monoisotopic (exact) mass is 324 g/mol. The van der Waals surface area contributed by atoms with Crippen molar-refractivity contribution in [2.24, 2.45) is 0 Å². The van der Waals surface area contributed by atoms with Crippen LogP contribution in [0.3, 0.4) is 0 Å². The van der Waals surface area contributed by atoms with Crippen molar-refractivity contribution in [3.05, 3.63) is 23.8 Å². The first-order valence-electron chi connectivity index (χ1n) is 4.58. The zero-order valence-electron chi connectivity index (χ0n) is 8.92. The van der Waals surface area contributed by atoms with Gasteiger partial charge in [-0.05, 0) is 18.2 Å². The van der Waals surface area contributed by atoms with Crippen molar-refractivity contribution in [2.45, 2.75) is 17.5 Å². The zero-order valence-corrected chi connectivity index (χ0v) is 10.5. The highest BCUT2D eigenvalue weighted by atomic mass is 35.7. The Morgan fingerprint density at radius 2 is 1.84 bits per heavy atom. The lowest BCUT2D eigenvalue weighted by Crippen LogP contribution is -2.13. The molecule has 108 valence electrons. The van der Waals surface area contributed by atoms with Crippen LogP contribution in [0.4, 0.5) is 22.0 Å². The summed E-state index contributed by atoms with van der Waals surface area (Å²) in [4.78, 5) is -0.800. The minimum atomic E-state index is -4.96. The molecule has 0 atom stereocenters. The number of halogens is 6. The lowest BCUT2D eigenvalue weighted by atomic mass is 10.2. The first-order chi connectivity index (χ1) is 8.51. The van der Waals surface area contributed by atoms with Gasteiger partial charge in [0, 0.05) is 10.7 Å². The van der Waals surface area contributed by atoms with Crippen molar-refractivity contribution in [2.75, 3.05) is 6.61 Å². The van der Waals surface area contributed by atoms with Crippen LogP contribution in [0.15, 0.2) is 23.1 Å². The van der Waals surface area contributed by atoms with E-state index in [9.17, 15) is 30.4 Å². The number of ether oxygens (including phenoxy) is 1. The number of benzene rings is 1. The molecular weight excluding hydrogens is 319 g/mol. The minimum Gasteiger partial charge on any atom is -0.487 e. The molecule has 0 N–H and O–H groups in total. The minimum absolute atomic E-state index is 0.225. The van der Waals surface area contributed by atoms with Gasteiger partial charge in [-0.1, -0.05) is 0 Å². The summed E-state index contributed by atoms with van der Waals surface area (Å²) in [5.74, 6) is -0.892. The van der Waals surface area contributed by atoms with Gasteiger partial charge in [0.1, 0.15) is 12.4 Å². The van der Waals surface area contributed by atoms with E-state index in [4.69, 9.17) is 10.7 Å². The number of rotatable bonds is 4. The van der Waals surface area contributed by atoms with Crippen molar-refractivity contribution >= 4 is 19.7 Å². The van der Waals surface area contributed by atoms with E-state index in [0.717, 1.165) is 6.07 Å². The molecule has 19 heavy (non-hydrogen) atoms. The molecule has 0 unspecified atom stereocenters. The molecule has 0 aliphatic rings. The molecular formula is C9H6ClF5O3S. The summed E-state index contributed by atoms with van der Waals surface area (Å²) < 4.78 is 87.8. The van der Waals surface area contributed by atoms with E-state index < -0.39 is 44.5 Å². The van der Waals surface area contributed by atoms with Crippen LogP contribution in [0.25, 0.3) is 0 Å². The van der Waals surface area contributed by atoms with E-state index in [2.05, 4.69) is 4.74 Å². The number of alkyl halides is 5. The zero-order chi connectivity index (χ0) is 14.8. The van der Waals surface area contributed by atoms with Gasteiger partial charge in [-0.25, -0.2) is 17.2 Å². The molecule has 0 saturated heterocycles. The molecule has 1 aromatic carbocycles. The standard InChI is InChI=1S/C9H6ClF5O3S/c10-19(16,17)5-1-2-7(18-4-8(11)12)6(3-5)9(13,14)15/h1-3,8H,4H2. The molecule has 0 fully saturated rings. The second-order valence-corrected chi connectivity index (χ2v) is 5.86. The molecule has 0 heterocycles. The summed E-state index contributed by atoms with van der Waals surface area (Å²) in [5.41, 5.74) is -1.49. The predicted molar refractivity (Wildman–Crippen MR) is 56.0 cm³/mol. The Hall–Kier alpha value is -1.09. The van der Waals surface area contributed by atoms with E-state index >= 15 is 0 Å². The fraction of sp³-hybridized carbons (Fsp3) is 0.333. The average molecular weight is 325 g/mol. The summed E-state index contributed by atoms with van der Waals surface area (Å²) in [7, 11) is 0.539. The van der Waals surface area contributed by atoms with Crippen molar-refractivity contribution in [1.29, 1.82) is 0 Å². The highest BCUT2D eigenvalue weighted by molar-refractivity contribution is 8.13. The third-order valence-corrected chi connectivity index (χ3v) is 3.25. The van der Waals surface area contributed by atoms with E-state index in [0.29, 0.717) is 6.07 Å². The highest BCUT2D eigenvalue weighted by Gasteiger charge is 2.35. The van der Waals surface area contributed by atoms with Gasteiger partial charge in [-0.15, -0.1) is 0 Å². The van der Waals surface area contributed by atoms with Gasteiger partial charge in [-0.2, -0.15) is 13.2 Å². The second-order valence-electron chi connectivity index (χ2n) is 3.30. The average Bonchev–Trinajstić information content (AvgIpc) is 2.23. The summed E-state index contributed by atoms with van der Waals surface area (Å²) in [5, 5.41) is 0. The molecule has 0 spiro atoms. The van der Waals surface area contributed by atoms with Gasteiger partial charge < -0.3 is 4.74 Å². The summed E-state index contributed by atoms with van der Waals surface area (Å²) in [6.07, 6.45) is -7.92. The van der Waals surface area contributed by atoms with Gasteiger partial charge in [0.25, 0.3) is 15.5 Å². The van der Waals surface area contributed by atoms with Crippen molar-refractivity contribution in [3.63, 3.8) is 0 Å². The van der Waals surface area contributed by atoms with Crippen LogP contribution in [-0.2, 0) is 15.2 Å². The smallest absolute Gasteiger partial charge is 0.420 e. The van der Waals surface area contributed by atoms with Gasteiger partial charge in [0.2, 0.25) is 0 Å². The lowest BCUT2D eigenvalue weighted by Gasteiger charge is -2.14. The quantitative estimate of drug-likeness (QED) is 0.630. The fourth-order valence-corrected chi connectivity index (χ4v) is 1.94. The molecule has 0 radical (unpaired) electrons.